The fourth-order valence-electron chi connectivity index (χ4n) is 1.37. The fourth-order valence-corrected chi connectivity index (χ4v) is 2.76. The van der Waals surface area contributed by atoms with Gasteiger partial charge in [0.2, 0.25) is 0 Å². The lowest BCUT2D eigenvalue weighted by atomic mass is 10.2. The number of thiophene rings is 1. The van der Waals surface area contributed by atoms with Crippen LogP contribution in [-0.4, -0.2) is 0 Å². The van der Waals surface area contributed by atoms with E-state index < -0.39 is 0 Å². The smallest absolute Gasteiger partial charge is 0.165 e. The van der Waals surface area contributed by atoms with E-state index in [9.17, 15) is 4.39 Å². The average Bonchev–Trinajstić information content (AvgIpc) is 2.73. The molecule has 0 spiro atoms. The van der Waals surface area contributed by atoms with Crippen LogP contribution >= 0.6 is 27.3 Å². The molecule has 0 aliphatic carbocycles. The van der Waals surface area contributed by atoms with Gasteiger partial charge in [-0.15, -0.1) is 11.3 Å². The second kappa shape index (κ2) is 5.62. The Morgan fingerprint density at radius 2 is 2.12 bits per heavy atom. The molecule has 0 aliphatic heterocycles. The summed E-state index contributed by atoms with van der Waals surface area (Å²) in [5, 5.41) is 0. The van der Waals surface area contributed by atoms with Crippen molar-refractivity contribution in [1.29, 1.82) is 0 Å². The summed E-state index contributed by atoms with van der Waals surface area (Å²) in [7, 11) is 0. The highest BCUT2D eigenvalue weighted by molar-refractivity contribution is 9.11. The molecule has 0 saturated carbocycles. The minimum atomic E-state index is -0.372. The average molecular weight is 316 g/mol. The molecule has 2 nitrogen and oxygen atoms in total. The van der Waals surface area contributed by atoms with E-state index in [4.69, 9.17) is 10.5 Å². The molecule has 0 unspecified atom stereocenters. The van der Waals surface area contributed by atoms with Gasteiger partial charge in [-0.05, 0) is 45.8 Å². The first-order valence-electron chi connectivity index (χ1n) is 5.04. The van der Waals surface area contributed by atoms with Crippen molar-refractivity contribution in [2.75, 3.05) is 0 Å². The van der Waals surface area contributed by atoms with Crippen LogP contribution in [0.4, 0.5) is 4.39 Å². The van der Waals surface area contributed by atoms with Gasteiger partial charge in [-0.2, -0.15) is 0 Å². The van der Waals surface area contributed by atoms with Crippen molar-refractivity contribution < 1.29 is 9.13 Å². The molecule has 2 N–H and O–H groups in total. The van der Waals surface area contributed by atoms with Crippen molar-refractivity contribution in [2.24, 2.45) is 5.73 Å². The highest BCUT2D eigenvalue weighted by Gasteiger charge is 2.05. The Morgan fingerprint density at radius 1 is 1.29 bits per heavy atom. The SMILES string of the molecule is NCc1ccc(OCc2ccc(Br)s2)c(F)c1. The Bertz CT molecular complexity index is 515. The van der Waals surface area contributed by atoms with Gasteiger partial charge in [0.25, 0.3) is 0 Å². The third kappa shape index (κ3) is 3.28. The van der Waals surface area contributed by atoms with E-state index in [1.54, 1.807) is 23.5 Å². The van der Waals surface area contributed by atoms with E-state index in [0.717, 1.165) is 14.2 Å². The van der Waals surface area contributed by atoms with Gasteiger partial charge in [0.05, 0.1) is 3.79 Å². The van der Waals surface area contributed by atoms with Crippen molar-refractivity contribution in [3.63, 3.8) is 0 Å². The largest absolute Gasteiger partial charge is 0.485 e. The Hall–Kier alpha value is -0.910. The van der Waals surface area contributed by atoms with E-state index in [-0.39, 0.29) is 11.6 Å². The third-order valence-corrected chi connectivity index (χ3v) is 3.83. The predicted molar refractivity (Wildman–Crippen MR) is 70.6 cm³/mol. The molecule has 1 heterocycles. The van der Waals surface area contributed by atoms with Crippen LogP contribution in [0.5, 0.6) is 5.75 Å². The quantitative estimate of drug-likeness (QED) is 0.934. The maximum absolute atomic E-state index is 13.6. The number of rotatable bonds is 4. The van der Waals surface area contributed by atoms with Gasteiger partial charge >= 0.3 is 0 Å². The molecule has 5 heteroatoms. The number of hydrogen-bond donors (Lipinski definition) is 1. The maximum atomic E-state index is 13.6. The predicted octanol–water partition coefficient (Wildman–Crippen LogP) is 3.69. The Morgan fingerprint density at radius 3 is 2.71 bits per heavy atom. The van der Waals surface area contributed by atoms with Gasteiger partial charge in [0.1, 0.15) is 6.61 Å². The highest BCUT2D eigenvalue weighted by Crippen LogP contribution is 2.24. The lowest BCUT2D eigenvalue weighted by Gasteiger charge is -2.06. The Balaban J connectivity index is 2.04. The van der Waals surface area contributed by atoms with Crippen LogP contribution in [-0.2, 0) is 13.2 Å². The normalized spacial score (nSPS) is 10.5. The molecule has 2 rings (SSSR count). The van der Waals surface area contributed by atoms with Gasteiger partial charge in [-0.1, -0.05) is 6.07 Å². The molecule has 17 heavy (non-hydrogen) atoms. The number of hydrogen-bond acceptors (Lipinski definition) is 3. The molecular formula is C12H11BrFNOS. The van der Waals surface area contributed by atoms with E-state index in [1.807, 2.05) is 12.1 Å². The summed E-state index contributed by atoms with van der Waals surface area (Å²) in [6, 6.07) is 8.67. The first-order chi connectivity index (χ1) is 8.19. The van der Waals surface area contributed by atoms with Crippen molar-refractivity contribution in [2.45, 2.75) is 13.2 Å². The molecule has 0 radical (unpaired) electrons. The van der Waals surface area contributed by atoms with Crippen LogP contribution in [0, 0.1) is 5.82 Å². The molecule has 0 atom stereocenters. The fraction of sp³-hybridized carbons (Fsp3) is 0.167. The zero-order valence-corrected chi connectivity index (χ0v) is 11.4. The van der Waals surface area contributed by atoms with E-state index >= 15 is 0 Å². The van der Waals surface area contributed by atoms with E-state index in [1.165, 1.54) is 6.07 Å². The summed E-state index contributed by atoms with van der Waals surface area (Å²) in [6.45, 7) is 0.699. The van der Waals surface area contributed by atoms with Crippen molar-refractivity contribution in [3.05, 3.63) is 50.4 Å². The number of nitrogens with two attached hydrogens (primary N) is 1. The molecule has 0 amide bonds. The second-order valence-electron chi connectivity index (χ2n) is 3.46. The first kappa shape index (κ1) is 12.5. The summed E-state index contributed by atoms with van der Waals surface area (Å²) >= 11 is 4.94. The van der Waals surface area contributed by atoms with Crippen LogP contribution in [0.1, 0.15) is 10.4 Å². The number of ether oxygens (including phenoxy) is 1. The van der Waals surface area contributed by atoms with Crippen LogP contribution in [0.15, 0.2) is 34.1 Å². The Kier molecular flexibility index (Phi) is 4.15. The molecule has 1 aromatic carbocycles. The second-order valence-corrected chi connectivity index (χ2v) is 6.01. The first-order valence-corrected chi connectivity index (χ1v) is 6.65. The summed E-state index contributed by atoms with van der Waals surface area (Å²) in [6.07, 6.45) is 0. The van der Waals surface area contributed by atoms with Gasteiger partial charge in [0, 0.05) is 11.4 Å². The van der Waals surface area contributed by atoms with Gasteiger partial charge in [0.15, 0.2) is 11.6 Å². The van der Waals surface area contributed by atoms with Gasteiger partial charge < -0.3 is 10.5 Å². The molecule has 1 aromatic heterocycles. The molecule has 90 valence electrons. The molecule has 0 bridgehead atoms. The standard InChI is InChI=1S/C12H11BrFNOS/c13-12-4-2-9(17-12)7-16-11-3-1-8(6-15)5-10(11)14/h1-5H,6-7,15H2. The monoisotopic (exact) mass is 315 g/mol. The lowest BCUT2D eigenvalue weighted by molar-refractivity contribution is 0.293. The van der Waals surface area contributed by atoms with E-state index in [0.29, 0.717) is 13.2 Å². The van der Waals surface area contributed by atoms with Crippen molar-refractivity contribution >= 4 is 27.3 Å². The maximum Gasteiger partial charge on any atom is 0.165 e. The number of benzene rings is 1. The minimum Gasteiger partial charge on any atom is -0.485 e. The van der Waals surface area contributed by atoms with Gasteiger partial charge in [-0.25, -0.2) is 4.39 Å². The molecular weight excluding hydrogens is 305 g/mol. The van der Waals surface area contributed by atoms with Gasteiger partial charge in [-0.3, -0.25) is 0 Å². The number of halogens is 2. The van der Waals surface area contributed by atoms with Crippen molar-refractivity contribution in [1.82, 2.24) is 0 Å². The molecule has 2 aromatic rings. The minimum absolute atomic E-state index is 0.256. The molecule has 0 fully saturated rings. The molecule has 0 saturated heterocycles. The topological polar surface area (TPSA) is 35.2 Å². The zero-order valence-electron chi connectivity index (χ0n) is 8.95. The van der Waals surface area contributed by atoms with Crippen LogP contribution in [0.3, 0.4) is 0 Å². The lowest BCUT2D eigenvalue weighted by Crippen LogP contribution is -1.99. The summed E-state index contributed by atoms with van der Waals surface area (Å²) in [5.74, 6) is -0.115. The van der Waals surface area contributed by atoms with E-state index in [2.05, 4.69) is 15.9 Å². The van der Waals surface area contributed by atoms with Crippen molar-refractivity contribution in [3.8, 4) is 5.75 Å². The third-order valence-electron chi connectivity index (χ3n) is 2.23. The van der Waals surface area contributed by atoms with Crippen LogP contribution < -0.4 is 10.5 Å². The highest BCUT2D eigenvalue weighted by atomic mass is 79.9. The molecule has 0 aliphatic rings. The Labute approximate surface area is 111 Å². The van der Waals surface area contributed by atoms with Crippen LogP contribution in [0.2, 0.25) is 0 Å². The van der Waals surface area contributed by atoms with Crippen LogP contribution in [0.25, 0.3) is 0 Å². The summed E-state index contributed by atoms with van der Waals surface area (Å²) < 4.78 is 20.0. The summed E-state index contributed by atoms with van der Waals surface area (Å²) in [4.78, 5) is 1.04. The summed E-state index contributed by atoms with van der Waals surface area (Å²) in [5.41, 5.74) is 6.18. The zero-order chi connectivity index (χ0) is 12.3.